The van der Waals surface area contributed by atoms with Gasteiger partial charge in [0.05, 0.1) is 6.61 Å². The number of hydrogen-bond donors (Lipinski definition) is 2. The van der Waals surface area contributed by atoms with E-state index >= 15 is 0 Å². The predicted molar refractivity (Wildman–Crippen MR) is 71.9 cm³/mol. The van der Waals surface area contributed by atoms with Crippen LogP contribution in [0.5, 0.6) is 0 Å². The third-order valence-corrected chi connectivity index (χ3v) is 3.35. The van der Waals surface area contributed by atoms with E-state index in [1.54, 1.807) is 6.33 Å². The first kappa shape index (κ1) is 13.0. The molecule has 0 bridgehead atoms. The number of anilines is 2. The van der Waals surface area contributed by atoms with Crippen LogP contribution >= 0.6 is 0 Å². The lowest BCUT2D eigenvalue weighted by molar-refractivity contribution is 0.311. The molecule has 0 aliphatic carbocycles. The lowest BCUT2D eigenvalue weighted by atomic mass is 10.2. The zero-order chi connectivity index (χ0) is 13.0. The number of likely N-dealkylation sites (tertiary alicyclic amines) is 1. The topological polar surface area (TPSA) is 64.5 Å². The molecule has 2 N–H and O–H groups in total. The molecule has 2 heterocycles. The van der Waals surface area contributed by atoms with Gasteiger partial charge < -0.3 is 20.2 Å². The van der Waals surface area contributed by atoms with Crippen LogP contribution in [-0.2, 0) is 0 Å². The van der Waals surface area contributed by atoms with Crippen molar-refractivity contribution in [2.45, 2.75) is 12.5 Å². The minimum Gasteiger partial charge on any atom is -0.395 e. The molecular formula is C12H21N5O. The molecule has 1 aliphatic rings. The Kier molecular flexibility index (Phi) is 4.33. The maximum atomic E-state index is 8.79. The Morgan fingerprint density at radius 3 is 3.06 bits per heavy atom. The van der Waals surface area contributed by atoms with E-state index in [4.69, 9.17) is 5.11 Å². The summed E-state index contributed by atoms with van der Waals surface area (Å²) in [4.78, 5) is 13.0. The second kappa shape index (κ2) is 5.97. The van der Waals surface area contributed by atoms with E-state index in [2.05, 4.69) is 39.2 Å². The molecule has 0 saturated carbocycles. The van der Waals surface area contributed by atoms with Crippen molar-refractivity contribution in [1.82, 2.24) is 14.9 Å². The quantitative estimate of drug-likeness (QED) is 0.769. The van der Waals surface area contributed by atoms with Crippen LogP contribution in [0.3, 0.4) is 0 Å². The molecule has 6 nitrogen and oxygen atoms in total. The van der Waals surface area contributed by atoms with Gasteiger partial charge in [-0.15, -0.1) is 0 Å². The summed E-state index contributed by atoms with van der Waals surface area (Å²) < 4.78 is 0. The molecule has 1 aliphatic heterocycles. The molecule has 0 spiro atoms. The summed E-state index contributed by atoms with van der Waals surface area (Å²) in [6, 6.07) is 2.43. The second-order valence-corrected chi connectivity index (χ2v) is 4.73. The van der Waals surface area contributed by atoms with Gasteiger partial charge in [-0.2, -0.15) is 0 Å². The Morgan fingerprint density at radius 1 is 1.56 bits per heavy atom. The van der Waals surface area contributed by atoms with Crippen LogP contribution in [0.2, 0.25) is 0 Å². The molecule has 6 heteroatoms. The van der Waals surface area contributed by atoms with Gasteiger partial charge in [-0.3, -0.25) is 0 Å². The highest BCUT2D eigenvalue weighted by molar-refractivity contribution is 5.48. The monoisotopic (exact) mass is 251 g/mol. The Labute approximate surface area is 108 Å². The predicted octanol–water partition coefficient (Wildman–Crippen LogP) is 0.0211. The van der Waals surface area contributed by atoms with Crippen LogP contribution in [0, 0.1) is 0 Å². The van der Waals surface area contributed by atoms with Gasteiger partial charge in [0.1, 0.15) is 18.0 Å². The lowest BCUT2D eigenvalue weighted by Gasteiger charge is -2.25. The SMILES string of the molecule is CN1CCC(N(C)c2cc(NCCO)ncn2)C1. The average molecular weight is 251 g/mol. The number of aromatic nitrogens is 2. The summed E-state index contributed by atoms with van der Waals surface area (Å²) in [5.74, 6) is 1.68. The molecule has 1 aromatic rings. The van der Waals surface area contributed by atoms with E-state index < -0.39 is 0 Å². The fourth-order valence-electron chi connectivity index (χ4n) is 2.24. The molecule has 1 saturated heterocycles. The van der Waals surface area contributed by atoms with Crippen LogP contribution in [0.25, 0.3) is 0 Å². The summed E-state index contributed by atoms with van der Waals surface area (Å²) in [5, 5.41) is 11.8. The smallest absolute Gasteiger partial charge is 0.134 e. The van der Waals surface area contributed by atoms with Gasteiger partial charge >= 0.3 is 0 Å². The number of nitrogens with zero attached hydrogens (tertiary/aromatic N) is 4. The number of rotatable bonds is 5. The lowest BCUT2D eigenvalue weighted by Crippen LogP contribution is -2.34. The molecule has 18 heavy (non-hydrogen) atoms. The van der Waals surface area contributed by atoms with Crippen molar-refractivity contribution in [3.8, 4) is 0 Å². The molecule has 1 unspecified atom stereocenters. The molecule has 100 valence electrons. The number of hydrogen-bond acceptors (Lipinski definition) is 6. The summed E-state index contributed by atoms with van der Waals surface area (Å²) in [5.41, 5.74) is 0. The third kappa shape index (κ3) is 3.08. The van der Waals surface area contributed by atoms with Crippen LogP contribution in [0.4, 0.5) is 11.6 Å². The highest BCUT2D eigenvalue weighted by Gasteiger charge is 2.24. The van der Waals surface area contributed by atoms with Crippen molar-refractivity contribution in [3.05, 3.63) is 12.4 Å². The number of nitrogens with one attached hydrogen (secondary N) is 1. The normalized spacial score (nSPS) is 20.1. The summed E-state index contributed by atoms with van der Waals surface area (Å²) in [6.07, 6.45) is 2.72. The molecule has 1 aromatic heterocycles. The third-order valence-electron chi connectivity index (χ3n) is 3.35. The average Bonchev–Trinajstić information content (AvgIpc) is 2.82. The van der Waals surface area contributed by atoms with Crippen molar-refractivity contribution in [2.75, 3.05) is 50.6 Å². The Balaban J connectivity index is 2.03. The van der Waals surface area contributed by atoms with Gasteiger partial charge in [0.2, 0.25) is 0 Å². The van der Waals surface area contributed by atoms with Gasteiger partial charge in [-0.05, 0) is 20.0 Å². The fraction of sp³-hybridized carbons (Fsp3) is 0.667. The summed E-state index contributed by atoms with van der Waals surface area (Å²) in [6.45, 7) is 2.81. The van der Waals surface area contributed by atoms with Crippen LogP contribution in [0.1, 0.15) is 6.42 Å². The summed E-state index contributed by atoms with van der Waals surface area (Å²) in [7, 11) is 4.21. The van der Waals surface area contributed by atoms with Crippen molar-refractivity contribution in [2.24, 2.45) is 0 Å². The minimum absolute atomic E-state index is 0.0998. The van der Waals surface area contributed by atoms with Gasteiger partial charge in [-0.25, -0.2) is 9.97 Å². The van der Waals surface area contributed by atoms with Crippen molar-refractivity contribution in [1.29, 1.82) is 0 Å². The molecule has 0 radical (unpaired) electrons. The second-order valence-electron chi connectivity index (χ2n) is 4.73. The molecular weight excluding hydrogens is 230 g/mol. The highest BCUT2D eigenvalue weighted by Crippen LogP contribution is 2.20. The maximum Gasteiger partial charge on any atom is 0.134 e. The van der Waals surface area contributed by atoms with Crippen molar-refractivity contribution in [3.63, 3.8) is 0 Å². The van der Waals surface area contributed by atoms with E-state index in [9.17, 15) is 0 Å². The minimum atomic E-state index is 0.0998. The largest absolute Gasteiger partial charge is 0.395 e. The number of likely N-dealkylation sites (N-methyl/N-ethyl adjacent to an activating group) is 2. The summed E-state index contributed by atoms with van der Waals surface area (Å²) >= 11 is 0. The Hall–Kier alpha value is -1.40. The van der Waals surface area contributed by atoms with Gasteiger partial charge in [0, 0.05) is 32.2 Å². The Morgan fingerprint density at radius 2 is 2.39 bits per heavy atom. The first-order chi connectivity index (χ1) is 8.70. The highest BCUT2D eigenvalue weighted by atomic mass is 16.3. The maximum absolute atomic E-state index is 8.79. The van der Waals surface area contributed by atoms with Crippen LogP contribution in [-0.4, -0.2) is 66.4 Å². The molecule has 1 fully saturated rings. The van der Waals surface area contributed by atoms with Gasteiger partial charge in [-0.1, -0.05) is 0 Å². The van der Waals surface area contributed by atoms with Crippen LogP contribution < -0.4 is 10.2 Å². The Bertz CT molecular complexity index is 386. The molecule has 2 rings (SSSR count). The van der Waals surface area contributed by atoms with E-state index in [0.717, 1.165) is 31.1 Å². The van der Waals surface area contributed by atoms with Crippen molar-refractivity contribution >= 4 is 11.6 Å². The number of aliphatic hydroxyl groups is 1. The van der Waals surface area contributed by atoms with E-state index in [1.165, 1.54) is 0 Å². The zero-order valence-electron chi connectivity index (χ0n) is 11.0. The molecule has 0 aromatic carbocycles. The van der Waals surface area contributed by atoms with E-state index in [1.807, 2.05) is 6.07 Å². The van der Waals surface area contributed by atoms with Crippen LogP contribution in [0.15, 0.2) is 12.4 Å². The molecule has 1 atom stereocenters. The van der Waals surface area contributed by atoms with Gasteiger partial charge in [0.25, 0.3) is 0 Å². The van der Waals surface area contributed by atoms with E-state index in [-0.39, 0.29) is 6.61 Å². The van der Waals surface area contributed by atoms with Crippen molar-refractivity contribution < 1.29 is 5.11 Å². The van der Waals surface area contributed by atoms with Gasteiger partial charge in [0.15, 0.2) is 0 Å². The zero-order valence-corrected chi connectivity index (χ0v) is 11.0. The van der Waals surface area contributed by atoms with E-state index in [0.29, 0.717) is 12.6 Å². The molecule has 0 amide bonds. The first-order valence-electron chi connectivity index (χ1n) is 6.29. The fourth-order valence-corrected chi connectivity index (χ4v) is 2.24. The number of aliphatic hydroxyl groups excluding tert-OH is 1. The standard InChI is InChI=1S/C12H21N5O/c1-16-5-3-10(8-16)17(2)12-7-11(13-4-6-18)14-9-15-12/h7,9-10,18H,3-6,8H2,1-2H3,(H,13,14,15). The first-order valence-corrected chi connectivity index (χ1v) is 6.29.